The molecular weight excluding hydrogens is 270 g/mol. The van der Waals surface area contributed by atoms with Gasteiger partial charge in [-0.15, -0.1) is 11.8 Å². The number of rotatable bonds is 5. The van der Waals surface area contributed by atoms with Crippen LogP contribution in [0.4, 0.5) is 0 Å². The van der Waals surface area contributed by atoms with Crippen LogP contribution in [-0.4, -0.2) is 36.8 Å². The van der Waals surface area contributed by atoms with Crippen molar-refractivity contribution in [1.82, 2.24) is 4.90 Å². The third-order valence-electron chi connectivity index (χ3n) is 2.89. The number of hydrogen-bond donors (Lipinski definition) is 0. The van der Waals surface area contributed by atoms with Crippen molar-refractivity contribution in [3.8, 4) is 0 Å². The van der Waals surface area contributed by atoms with Crippen LogP contribution in [0.1, 0.15) is 17.4 Å². The first-order chi connectivity index (χ1) is 8.74. The van der Waals surface area contributed by atoms with E-state index in [-0.39, 0.29) is 11.3 Å². The van der Waals surface area contributed by atoms with Crippen molar-refractivity contribution >= 4 is 29.3 Å². The zero-order valence-electron chi connectivity index (χ0n) is 10.3. The number of thioether (sulfide) groups is 1. The van der Waals surface area contributed by atoms with Gasteiger partial charge in [-0.2, -0.15) is 0 Å². The molecule has 0 saturated carbocycles. The average molecular weight is 286 g/mol. The fraction of sp³-hybridized carbons (Fsp3) is 0.462. The molecule has 0 spiro atoms. The Hall–Kier alpha value is -0.710. The van der Waals surface area contributed by atoms with Crippen molar-refractivity contribution in [1.29, 1.82) is 0 Å². The summed E-state index contributed by atoms with van der Waals surface area (Å²) in [5.41, 5.74) is 1.02. The highest BCUT2D eigenvalue weighted by Gasteiger charge is 2.33. The lowest BCUT2D eigenvalue weighted by Crippen LogP contribution is -2.29. The quantitative estimate of drug-likeness (QED) is 0.779. The van der Waals surface area contributed by atoms with Gasteiger partial charge in [-0.3, -0.25) is 4.79 Å². The minimum absolute atomic E-state index is 0.0445. The van der Waals surface area contributed by atoms with Crippen molar-refractivity contribution in [2.75, 3.05) is 26.0 Å². The van der Waals surface area contributed by atoms with Crippen molar-refractivity contribution in [3.05, 3.63) is 34.9 Å². The number of nitrogens with zero attached hydrogens (tertiary/aromatic N) is 1. The van der Waals surface area contributed by atoms with Crippen LogP contribution in [0.25, 0.3) is 0 Å². The number of carbonyl (C=O) groups is 1. The van der Waals surface area contributed by atoms with Gasteiger partial charge in [0, 0.05) is 30.8 Å². The standard InChI is InChI=1S/C13H16ClNO2S/c1-17-8-4-7-15-12(16)9-18-13(15)10-5-2-3-6-11(10)14/h2-3,5-6,13H,4,7-9H2,1H3. The molecule has 3 nitrogen and oxygen atoms in total. The maximum Gasteiger partial charge on any atom is 0.233 e. The normalized spacial score (nSPS) is 19.6. The largest absolute Gasteiger partial charge is 0.385 e. The lowest BCUT2D eigenvalue weighted by Gasteiger charge is -2.24. The second kappa shape index (κ2) is 6.45. The van der Waals surface area contributed by atoms with Crippen LogP contribution in [0.3, 0.4) is 0 Å². The van der Waals surface area contributed by atoms with Crippen LogP contribution >= 0.6 is 23.4 Å². The molecular formula is C13H16ClNO2S. The monoisotopic (exact) mass is 285 g/mol. The maximum atomic E-state index is 11.9. The lowest BCUT2D eigenvalue weighted by molar-refractivity contribution is -0.128. The highest BCUT2D eigenvalue weighted by atomic mass is 35.5. The fourth-order valence-corrected chi connectivity index (χ4v) is 3.57. The minimum atomic E-state index is 0.0445. The molecule has 98 valence electrons. The average Bonchev–Trinajstić information content (AvgIpc) is 2.72. The summed E-state index contributed by atoms with van der Waals surface area (Å²) in [6, 6.07) is 7.72. The van der Waals surface area contributed by atoms with E-state index in [1.54, 1.807) is 18.9 Å². The first-order valence-corrected chi connectivity index (χ1v) is 7.31. The van der Waals surface area contributed by atoms with Crippen molar-refractivity contribution < 1.29 is 9.53 Å². The van der Waals surface area contributed by atoms with Gasteiger partial charge in [-0.05, 0) is 12.5 Å². The van der Waals surface area contributed by atoms with Gasteiger partial charge in [0.2, 0.25) is 5.91 Å². The Bertz CT molecular complexity index is 427. The van der Waals surface area contributed by atoms with E-state index in [9.17, 15) is 4.79 Å². The van der Waals surface area contributed by atoms with E-state index in [0.29, 0.717) is 12.4 Å². The molecule has 1 heterocycles. The zero-order chi connectivity index (χ0) is 13.0. The molecule has 18 heavy (non-hydrogen) atoms. The first kappa shape index (κ1) is 13.7. The summed E-state index contributed by atoms with van der Waals surface area (Å²) in [5.74, 6) is 0.712. The van der Waals surface area contributed by atoms with Crippen LogP contribution in [0.5, 0.6) is 0 Å². The topological polar surface area (TPSA) is 29.5 Å². The molecule has 1 aliphatic rings. The van der Waals surface area contributed by atoms with Crippen molar-refractivity contribution in [2.24, 2.45) is 0 Å². The predicted octanol–water partition coefficient (Wildman–Crippen LogP) is 2.95. The molecule has 0 bridgehead atoms. The molecule has 0 N–H and O–H groups in total. The number of carbonyl (C=O) groups excluding carboxylic acids is 1. The summed E-state index contributed by atoms with van der Waals surface area (Å²) in [4.78, 5) is 13.8. The van der Waals surface area contributed by atoms with E-state index in [1.165, 1.54) is 0 Å². The molecule has 0 radical (unpaired) electrons. The van der Waals surface area contributed by atoms with Crippen LogP contribution in [-0.2, 0) is 9.53 Å². The van der Waals surface area contributed by atoms with E-state index in [0.717, 1.165) is 23.6 Å². The smallest absolute Gasteiger partial charge is 0.233 e. The Labute approximate surface area is 116 Å². The van der Waals surface area contributed by atoms with Crippen LogP contribution < -0.4 is 0 Å². The van der Waals surface area contributed by atoms with E-state index >= 15 is 0 Å². The van der Waals surface area contributed by atoms with Gasteiger partial charge < -0.3 is 9.64 Å². The van der Waals surface area contributed by atoms with E-state index in [4.69, 9.17) is 16.3 Å². The predicted molar refractivity (Wildman–Crippen MR) is 74.9 cm³/mol. The molecule has 5 heteroatoms. The summed E-state index contributed by atoms with van der Waals surface area (Å²) in [6.45, 7) is 1.39. The molecule has 0 aliphatic carbocycles. The number of hydrogen-bond acceptors (Lipinski definition) is 3. The summed E-state index contributed by atoms with van der Waals surface area (Å²) >= 11 is 7.84. The molecule has 1 saturated heterocycles. The van der Waals surface area contributed by atoms with E-state index in [1.807, 2.05) is 29.2 Å². The molecule has 1 unspecified atom stereocenters. The highest BCUT2D eigenvalue weighted by molar-refractivity contribution is 8.00. The summed E-state index contributed by atoms with van der Waals surface area (Å²) in [7, 11) is 1.67. The van der Waals surface area contributed by atoms with E-state index < -0.39 is 0 Å². The summed E-state index contributed by atoms with van der Waals surface area (Å²) in [6.07, 6.45) is 0.851. The van der Waals surface area contributed by atoms with E-state index in [2.05, 4.69) is 0 Å². The second-order valence-corrected chi connectivity index (χ2v) is 5.59. The van der Waals surface area contributed by atoms with Crippen LogP contribution in [0.15, 0.2) is 24.3 Å². The minimum Gasteiger partial charge on any atom is -0.385 e. The molecule has 1 aromatic rings. The third kappa shape index (κ3) is 2.99. The summed E-state index contributed by atoms with van der Waals surface area (Å²) < 4.78 is 5.03. The number of ether oxygens (including phenoxy) is 1. The Morgan fingerprint density at radius 3 is 3.00 bits per heavy atom. The maximum absolute atomic E-state index is 11.9. The molecule has 1 fully saturated rings. The van der Waals surface area contributed by atoms with Gasteiger partial charge >= 0.3 is 0 Å². The van der Waals surface area contributed by atoms with Crippen LogP contribution in [0.2, 0.25) is 5.02 Å². The number of methoxy groups -OCH3 is 1. The SMILES string of the molecule is COCCCN1C(=O)CSC1c1ccccc1Cl. The number of amides is 1. The van der Waals surface area contributed by atoms with Crippen molar-refractivity contribution in [3.63, 3.8) is 0 Å². The Kier molecular flexibility index (Phi) is 4.92. The Morgan fingerprint density at radius 1 is 1.50 bits per heavy atom. The van der Waals surface area contributed by atoms with Gasteiger partial charge in [0.05, 0.1) is 5.75 Å². The molecule has 1 aliphatic heterocycles. The van der Waals surface area contributed by atoms with Gasteiger partial charge in [0.15, 0.2) is 0 Å². The number of halogens is 1. The van der Waals surface area contributed by atoms with Gasteiger partial charge in [-0.25, -0.2) is 0 Å². The third-order valence-corrected chi connectivity index (χ3v) is 4.47. The molecule has 1 atom stereocenters. The Balaban J connectivity index is 2.11. The highest BCUT2D eigenvalue weighted by Crippen LogP contribution is 2.41. The molecule has 1 amide bonds. The zero-order valence-corrected chi connectivity index (χ0v) is 11.8. The van der Waals surface area contributed by atoms with Crippen molar-refractivity contribution in [2.45, 2.75) is 11.8 Å². The molecule has 0 aromatic heterocycles. The van der Waals surface area contributed by atoms with Gasteiger partial charge in [0.25, 0.3) is 0 Å². The fourth-order valence-electron chi connectivity index (χ4n) is 2.01. The van der Waals surface area contributed by atoms with Crippen LogP contribution in [0, 0.1) is 0 Å². The summed E-state index contributed by atoms with van der Waals surface area (Å²) in [5, 5.41) is 0.768. The lowest BCUT2D eigenvalue weighted by atomic mass is 10.2. The Morgan fingerprint density at radius 2 is 2.28 bits per heavy atom. The molecule has 1 aromatic carbocycles. The van der Waals surface area contributed by atoms with Gasteiger partial charge in [0.1, 0.15) is 5.37 Å². The number of benzene rings is 1. The van der Waals surface area contributed by atoms with Gasteiger partial charge in [-0.1, -0.05) is 29.8 Å². The first-order valence-electron chi connectivity index (χ1n) is 5.88. The molecule has 2 rings (SSSR count). The second-order valence-electron chi connectivity index (χ2n) is 4.12.